The van der Waals surface area contributed by atoms with Crippen LogP contribution in [0.5, 0.6) is 0 Å². The van der Waals surface area contributed by atoms with E-state index in [1.807, 2.05) is 30.3 Å². The van der Waals surface area contributed by atoms with Crippen LogP contribution < -0.4 is 16.4 Å². The third-order valence-electron chi connectivity index (χ3n) is 4.81. The molecule has 0 aromatic heterocycles. The molecule has 138 valence electrons. The summed E-state index contributed by atoms with van der Waals surface area (Å²) in [5, 5.41) is 14.5. The van der Waals surface area contributed by atoms with Crippen LogP contribution in [-0.2, 0) is 9.59 Å². The molecular formula is C18H27N3O4. The van der Waals surface area contributed by atoms with Gasteiger partial charge in [0, 0.05) is 12.5 Å². The highest BCUT2D eigenvalue weighted by Crippen LogP contribution is 2.25. The lowest BCUT2D eigenvalue weighted by Gasteiger charge is -2.28. The summed E-state index contributed by atoms with van der Waals surface area (Å²) in [6.07, 6.45) is 0.775. The number of carbonyl (C=O) groups is 3. The van der Waals surface area contributed by atoms with Gasteiger partial charge in [-0.1, -0.05) is 51.1 Å². The molecule has 0 heterocycles. The number of urea groups is 1. The van der Waals surface area contributed by atoms with Gasteiger partial charge < -0.3 is 21.5 Å². The minimum Gasteiger partial charge on any atom is -0.481 e. The monoisotopic (exact) mass is 349 g/mol. The summed E-state index contributed by atoms with van der Waals surface area (Å²) in [5.41, 5.74) is 5.28. The van der Waals surface area contributed by atoms with Crippen LogP contribution in [0.3, 0.4) is 0 Å². The maximum atomic E-state index is 12.2. The SMILES string of the molecule is CCC(CC)(CNC(=O)NC(C(N)=O)C(C)c1ccccc1)C(=O)O. The fourth-order valence-corrected chi connectivity index (χ4v) is 2.71. The number of rotatable bonds is 9. The highest BCUT2D eigenvalue weighted by molar-refractivity contribution is 5.87. The topological polar surface area (TPSA) is 122 Å². The summed E-state index contributed by atoms with van der Waals surface area (Å²) in [4.78, 5) is 35.4. The predicted molar refractivity (Wildman–Crippen MR) is 95.0 cm³/mol. The summed E-state index contributed by atoms with van der Waals surface area (Å²) in [6, 6.07) is 7.73. The Morgan fingerprint density at radius 2 is 1.72 bits per heavy atom. The van der Waals surface area contributed by atoms with E-state index in [0.717, 1.165) is 5.56 Å². The Balaban J connectivity index is 2.77. The summed E-state index contributed by atoms with van der Waals surface area (Å²) in [5.74, 6) is -1.92. The molecule has 2 unspecified atom stereocenters. The van der Waals surface area contributed by atoms with Gasteiger partial charge in [-0.15, -0.1) is 0 Å². The molecule has 5 N–H and O–H groups in total. The third-order valence-corrected chi connectivity index (χ3v) is 4.81. The fourth-order valence-electron chi connectivity index (χ4n) is 2.71. The predicted octanol–water partition coefficient (Wildman–Crippen LogP) is 1.83. The summed E-state index contributed by atoms with van der Waals surface area (Å²) in [6.45, 7) is 5.30. The number of carboxylic acids is 1. The molecule has 1 rings (SSSR count). The zero-order valence-electron chi connectivity index (χ0n) is 14.9. The van der Waals surface area contributed by atoms with E-state index in [4.69, 9.17) is 5.73 Å². The Morgan fingerprint density at radius 3 is 2.16 bits per heavy atom. The van der Waals surface area contributed by atoms with Crippen LogP contribution in [0.2, 0.25) is 0 Å². The van der Waals surface area contributed by atoms with Gasteiger partial charge >= 0.3 is 12.0 Å². The largest absolute Gasteiger partial charge is 0.481 e. The maximum absolute atomic E-state index is 12.2. The first-order valence-corrected chi connectivity index (χ1v) is 8.39. The van der Waals surface area contributed by atoms with Crippen molar-refractivity contribution >= 4 is 17.9 Å². The first-order valence-electron chi connectivity index (χ1n) is 8.39. The molecule has 0 saturated heterocycles. The minimum absolute atomic E-state index is 0.0215. The van der Waals surface area contributed by atoms with Crippen LogP contribution in [0.15, 0.2) is 30.3 Å². The van der Waals surface area contributed by atoms with Crippen molar-refractivity contribution in [3.05, 3.63) is 35.9 Å². The molecule has 7 heteroatoms. The number of aliphatic carboxylic acids is 1. The van der Waals surface area contributed by atoms with Crippen molar-refractivity contribution in [2.45, 2.75) is 45.6 Å². The fraction of sp³-hybridized carbons (Fsp3) is 0.500. The van der Waals surface area contributed by atoms with Crippen molar-refractivity contribution in [3.63, 3.8) is 0 Å². The lowest BCUT2D eigenvalue weighted by Crippen LogP contribution is -2.53. The van der Waals surface area contributed by atoms with Crippen LogP contribution >= 0.6 is 0 Å². The first kappa shape index (κ1) is 20.5. The Hall–Kier alpha value is -2.57. The van der Waals surface area contributed by atoms with Crippen LogP contribution in [-0.4, -0.2) is 35.6 Å². The normalized spacial score (nSPS) is 13.6. The van der Waals surface area contributed by atoms with Gasteiger partial charge in [0.25, 0.3) is 0 Å². The number of amides is 3. The number of nitrogens with one attached hydrogen (secondary N) is 2. The van der Waals surface area contributed by atoms with Crippen molar-refractivity contribution in [3.8, 4) is 0 Å². The van der Waals surface area contributed by atoms with Crippen LogP contribution in [0, 0.1) is 5.41 Å². The molecule has 25 heavy (non-hydrogen) atoms. The third kappa shape index (κ3) is 5.20. The Labute approximate surface area is 148 Å². The second kappa shape index (κ2) is 9.05. The number of primary amides is 1. The number of nitrogens with two attached hydrogens (primary N) is 1. The van der Waals surface area contributed by atoms with Gasteiger partial charge in [-0.3, -0.25) is 9.59 Å². The van der Waals surface area contributed by atoms with Crippen molar-refractivity contribution in [2.75, 3.05) is 6.54 Å². The first-order chi connectivity index (χ1) is 11.8. The van der Waals surface area contributed by atoms with Crippen LogP contribution in [0.4, 0.5) is 4.79 Å². The van der Waals surface area contributed by atoms with E-state index in [0.29, 0.717) is 12.8 Å². The number of hydrogen-bond donors (Lipinski definition) is 4. The molecule has 0 fully saturated rings. The number of hydrogen-bond acceptors (Lipinski definition) is 3. The molecule has 0 aliphatic heterocycles. The molecule has 0 saturated carbocycles. The van der Waals surface area contributed by atoms with Crippen molar-refractivity contribution < 1.29 is 19.5 Å². The van der Waals surface area contributed by atoms with Gasteiger partial charge in [0.2, 0.25) is 5.91 Å². The van der Waals surface area contributed by atoms with E-state index in [2.05, 4.69) is 10.6 Å². The molecule has 0 spiro atoms. The number of carboxylic acid groups (broad SMARTS) is 1. The Bertz CT molecular complexity index is 600. The van der Waals surface area contributed by atoms with Gasteiger partial charge in [0.05, 0.1) is 5.41 Å². The molecule has 0 aliphatic carbocycles. The quantitative estimate of drug-likeness (QED) is 0.543. The molecule has 7 nitrogen and oxygen atoms in total. The van der Waals surface area contributed by atoms with E-state index in [9.17, 15) is 19.5 Å². The number of benzene rings is 1. The molecule has 0 aliphatic rings. The second-order valence-corrected chi connectivity index (χ2v) is 6.20. The lowest BCUT2D eigenvalue weighted by molar-refractivity contribution is -0.149. The highest BCUT2D eigenvalue weighted by atomic mass is 16.4. The summed E-state index contributed by atoms with van der Waals surface area (Å²) >= 11 is 0. The standard InChI is InChI=1S/C18H27N3O4/c1-4-18(5-2,16(23)24)11-20-17(25)21-14(15(19)22)12(3)13-9-7-6-8-10-13/h6-10,12,14H,4-5,11H2,1-3H3,(H2,19,22)(H,23,24)(H2,20,21,25). The molecule has 3 amide bonds. The van der Waals surface area contributed by atoms with E-state index in [1.54, 1.807) is 20.8 Å². The van der Waals surface area contributed by atoms with Crippen molar-refractivity contribution in [1.29, 1.82) is 0 Å². The average molecular weight is 349 g/mol. The van der Waals surface area contributed by atoms with Gasteiger partial charge in [-0.25, -0.2) is 4.79 Å². The average Bonchev–Trinajstić information content (AvgIpc) is 2.60. The van der Waals surface area contributed by atoms with Crippen LogP contribution in [0.1, 0.15) is 45.1 Å². The molecule has 1 aromatic rings. The Morgan fingerprint density at radius 1 is 1.16 bits per heavy atom. The van der Waals surface area contributed by atoms with Gasteiger partial charge in [-0.2, -0.15) is 0 Å². The lowest BCUT2D eigenvalue weighted by atomic mass is 9.82. The molecule has 0 radical (unpaired) electrons. The van der Waals surface area contributed by atoms with E-state index in [1.165, 1.54) is 0 Å². The van der Waals surface area contributed by atoms with Crippen LogP contribution in [0.25, 0.3) is 0 Å². The van der Waals surface area contributed by atoms with Gasteiger partial charge in [-0.05, 0) is 18.4 Å². The number of carbonyl (C=O) groups excluding carboxylic acids is 2. The molecule has 1 aromatic carbocycles. The minimum atomic E-state index is -1.02. The van der Waals surface area contributed by atoms with Crippen molar-refractivity contribution in [2.24, 2.45) is 11.1 Å². The zero-order valence-corrected chi connectivity index (χ0v) is 14.9. The van der Waals surface area contributed by atoms with E-state index >= 15 is 0 Å². The van der Waals surface area contributed by atoms with Gasteiger partial charge in [0.1, 0.15) is 6.04 Å². The maximum Gasteiger partial charge on any atom is 0.315 e. The Kier molecular flexibility index (Phi) is 7.42. The van der Waals surface area contributed by atoms with E-state index < -0.39 is 29.4 Å². The molecular weight excluding hydrogens is 322 g/mol. The second-order valence-electron chi connectivity index (χ2n) is 6.20. The summed E-state index contributed by atoms with van der Waals surface area (Å²) in [7, 11) is 0. The smallest absolute Gasteiger partial charge is 0.315 e. The molecule has 0 bridgehead atoms. The van der Waals surface area contributed by atoms with Crippen molar-refractivity contribution in [1.82, 2.24) is 10.6 Å². The van der Waals surface area contributed by atoms with Gasteiger partial charge in [0.15, 0.2) is 0 Å². The zero-order chi connectivity index (χ0) is 19.0. The highest BCUT2D eigenvalue weighted by Gasteiger charge is 2.35. The summed E-state index contributed by atoms with van der Waals surface area (Å²) < 4.78 is 0. The van der Waals surface area contributed by atoms with E-state index in [-0.39, 0.29) is 12.5 Å². The molecule has 2 atom stereocenters.